The molecule has 2 aromatic rings. The van der Waals surface area contributed by atoms with Gasteiger partial charge in [0.05, 0.1) is 16.4 Å². The summed E-state index contributed by atoms with van der Waals surface area (Å²) in [6.45, 7) is 1.81. The molecule has 0 spiro atoms. The minimum absolute atomic E-state index is 0.220. The summed E-state index contributed by atoms with van der Waals surface area (Å²) < 4.78 is 0. The molecule has 0 bridgehead atoms. The standard InChI is InChI=1S/C16H15Cl3N4O/c17-11-8-12(22-16(24)10-3-6-21-13(18)7-10)14(23-15(11)19)9-1-4-20-5-2-9/h3,6-9,20H,1-2,4-5H2,(H,22,24). The van der Waals surface area contributed by atoms with Crippen LogP contribution in [0.5, 0.6) is 0 Å². The average Bonchev–Trinajstić information content (AvgIpc) is 2.58. The normalized spacial score (nSPS) is 15.3. The average molecular weight is 386 g/mol. The van der Waals surface area contributed by atoms with Crippen molar-refractivity contribution in [3.8, 4) is 0 Å². The van der Waals surface area contributed by atoms with Gasteiger partial charge in [-0.1, -0.05) is 34.8 Å². The number of carbonyl (C=O) groups excluding carboxylic acids is 1. The first-order valence-electron chi connectivity index (χ1n) is 7.54. The number of aromatic nitrogens is 2. The highest BCUT2D eigenvalue weighted by molar-refractivity contribution is 6.41. The quantitative estimate of drug-likeness (QED) is 0.779. The lowest BCUT2D eigenvalue weighted by atomic mass is 9.93. The molecule has 0 atom stereocenters. The van der Waals surface area contributed by atoms with Crippen LogP contribution >= 0.6 is 34.8 Å². The van der Waals surface area contributed by atoms with Gasteiger partial charge in [0.25, 0.3) is 5.91 Å². The number of amides is 1. The summed E-state index contributed by atoms with van der Waals surface area (Å²) in [4.78, 5) is 20.8. The van der Waals surface area contributed by atoms with Crippen LogP contribution in [0.3, 0.4) is 0 Å². The summed E-state index contributed by atoms with van der Waals surface area (Å²) in [5.74, 6) is -0.0768. The smallest absolute Gasteiger partial charge is 0.255 e. The molecular weight excluding hydrogens is 371 g/mol. The van der Waals surface area contributed by atoms with Gasteiger partial charge in [0.2, 0.25) is 0 Å². The number of nitrogens with zero attached hydrogens (tertiary/aromatic N) is 2. The van der Waals surface area contributed by atoms with E-state index in [1.165, 1.54) is 12.3 Å². The number of carbonyl (C=O) groups is 1. The van der Waals surface area contributed by atoms with Crippen LogP contribution in [0.4, 0.5) is 5.69 Å². The van der Waals surface area contributed by atoms with Crippen LogP contribution < -0.4 is 10.6 Å². The molecule has 3 heterocycles. The molecule has 5 nitrogen and oxygen atoms in total. The van der Waals surface area contributed by atoms with Crippen molar-refractivity contribution in [2.24, 2.45) is 0 Å². The second kappa shape index (κ2) is 7.66. The highest BCUT2D eigenvalue weighted by Crippen LogP contribution is 2.34. The van der Waals surface area contributed by atoms with Gasteiger partial charge in [-0.3, -0.25) is 4.79 Å². The lowest BCUT2D eigenvalue weighted by Gasteiger charge is -2.24. The minimum atomic E-state index is -0.297. The van der Waals surface area contributed by atoms with E-state index in [-0.39, 0.29) is 22.1 Å². The van der Waals surface area contributed by atoms with Gasteiger partial charge in [-0.15, -0.1) is 0 Å². The molecule has 2 N–H and O–H groups in total. The molecule has 1 amide bonds. The Hall–Kier alpha value is -1.40. The van der Waals surface area contributed by atoms with Crippen LogP contribution in [0.2, 0.25) is 15.3 Å². The van der Waals surface area contributed by atoms with Crippen molar-refractivity contribution in [1.29, 1.82) is 0 Å². The summed E-state index contributed by atoms with van der Waals surface area (Å²) in [7, 11) is 0. The molecule has 1 aliphatic rings. The molecule has 1 saturated heterocycles. The van der Waals surface area contributed by atoms with Gasteiger partial charge in [-0.25, -0.2) is 9.97 Å². The van der Waals surface area contributed by atoms with Gasteiger partial charge in [-0.05, 0) is 44.1 Å². The monoisotopic (exact) mass is 384 g/mol. The van der Waals surface area contributed by atoms with E-state index in [0.717, 1.165) is 31.6 Å². The van der Waals surface area contributed by atoms with Crippen molar-refractivity contribution in [3.63, 3.8) is 0 Å². The Morgan fingerprint density at radius 2 is 1.96 bits per heavy atom. The SMILES string of the molecule is O=C(Nc1cc(Cl)c(Cl)nc1C1CCNCC1)c1ccnc(Cl)c1. The molecule has 24 heavy (non-hydrogen) atoms. The molecule has 1 aliphatic heterocycles. The van der Waals surface area contributed by atoms with E-state index in [0.29, 0.717) is 16.3 Å². The van der Waals surface area contributed by atoms with Crippen LogP contribution in [0.1, 0.15) is 34.8 Å². The fourth-order valence-corrected chi connectivity index (χ4v) is 3.20. The number of pyridine rings is 2. The molecule has 0 unspecified atom stereocenters. The first kappa shape index (κ1) is 17.4. The second-order valence-electron chi connectivity index (χ2n) is 5.54. The van der Waals surface area contributed by atoms with E-state index in [1.807, 2.05) is 0 Å². The Morgan fingerprint density at radius 3 is 2.67 bits per heavy atom. The molecular formula is C16H15Cl3N4O. The third kappa shape index (κ3) is 3.98. The van der Waals surface area contributed by atoms with Gasteiger partial charge >= 0.3 is 0 Å². The Labute approximate surface area is 154 Å². The number of piperidine rings is 1. The molecule has 2 aromatic heterocycles. The van der Waals surface area contributed by atoms with Gasteiger partial charge < -0.3 is 10.6 Å². The Bertz CT molecular complexity index is 763. The van der Waals surface area contributed by atoms with E-state index in [9.17, 15) is 4.79 Å². The van der Waals surface area contributed by atoms with Crippen LogP contribution in [0.25, 0.3) is 0 Å². The zero-order valence-corrected chi connectivity index (χ0v) is 14.9. The van der Waals surface area contributed by atoms with Gasteiger partial charge in [-0.2, -0.15) is 0 Å². The number of hydrogen-bond donors (Lipinski definition) is 2. The third-order valence-corrected chi connectivity index (χ3v) is 4.81. The highest BCUT2D eigenvalue weighted by Gasteiger charge is 2.22. The molecule has 8 heteroatoms. The van der Waals surface area contributed by atoms with Crippen LogP contribution in [0.15, 0.2) is 24.4 Å². The number of halogens is 3. The Kier molecular flexibility index (Phi) is 5.56. The number of anilines is 1. The van der Waals surface area contributed by atoms with Crippen molar-refractivity contribution in [2.45, 2.75) is 18.8 Å². The van der Waals surface area contributed by atoms with E-state index >= 15 is 0 Å². The van der Waals surface area contributed by atoms with E-state index in [2.05, 4.69) is 20.6 Å². The molecule has 3 rings (SSSR count). The van der Waals surface area contributed by atoms with Crippen LogP contribution in [0, 0.1) is 0 Å². The molecule has 1 fully saturated rings. The molecule has 0 aliphatic carbocycles. The Balaban J connectivity index is 1.91. The van der Waals surface area contributed by atoms with Crippen LogP contribution in [-0.4, -0.2) is 29.0 Å². The largest absolute Gasteiger partial charge is 0.320 e. The summed E-state index contributed by atoms with van der Waals surface area (Å²) >= 11 is 18.0. The molecule has 126 valence electrons. The summed E-state index contributed by atoms with van der Waals surface area (Å²) in [5.41, 5.74) is 1.76. The van der Waals surface area contributed by atoms with E-state index < -0.39 is 0 Å². The molecule has 0 saturated carbocycles. The second-order valence-corrected chi connectivity index (χ2v) is 6.69. The molecule has 0 aromatic carbocycles. The Morgan fingerprint density at radius 1 is 1.21 bits per heavy atom. The van der Waals surface area contributed by atoms with Crippen molar-refractivity contribution in [1.82, 2.24) is 15.3 Å². The minimum Gasteiger partial charge on any atom is -0.320 e. The first-order chi connectivity index (χ1) is 11.5. The maximum Gasteiger partial charge on any atom is 0.255 e. The summed E-state index contributed by atoms with van der Waals surface area (Å²) in [5, 5.41) is 6.98. The number of hydrogen-bond acceptors (Lipinski definition) is 4. The summed E-state index contributed by atoms with van der Waals surface area (Å²) in [6, 6.07) is 4.75. The van der Waals surface area contributed by atoms with Crippen molar-refractivity contribution in [3.05, 3.63) is 51.0 Å². The highest BCUT2D eigenvalue weighted by atomic mass is 35.5. The number of rotatable bonds is 3. The third-order valence-electron chi connectivity index (χ3n) is 3.93. The first-order valence-corrected chi connectivity index (χ1v) is 8.67. The molecule has 0 radical (unpaired) electrons. The zero-order chi connectivity index (χ0) is 17.1. The lowest BCUT2D eigenvalue weighted by Crippen LogP contribution is -2.28. The van der Waals surface area contributed by atoms with Crippen molar-refractivity contribution >= 4 is 46.4 Å². The van der Waals surface area contributed by atoms with E-state index in [4.69, 9.17) is 34.8 Å². The number of nitrogens with one attached hydrogen (secondary N) is 2. The fourth-order valence-electron chi connectivity index (χ4n) is 2.72. The van der Waals surface area contributed by atoms with Gasteiger partial charge in [0.1, 0.15) is 10.3 Å². The maximum atomic E-state index is 12.5. The van der Waals surface area contributed by atoms with Crippen molar-refractivity contribution < 1.29 is 4.79 Å². The fraction of sp³-hybridized carbons (Fsp3) is 0.312. The van der Waals surface area contributed by atoms with Gasteiger partial charge in [0.15, 0.2) is 0 Å². The predicted molar refractivity (Wildman–Crippen MR) is 96.3 cm³/mol. The maximum absolute atomic E-state index is 12.5. The van der Waals surface area contributed by atoms with Gasteiger partial charge in [0, 0.05) is 17.7 Å². The summed E-state index contributed by atoms with van der Waals surface area (Å²) in [6.07, 6.45) is 3.34. The lowest BCUT2D eigenvalue weighted by molar-refractivity contribution is 0.102. The topological polar surface area (TPSA) is 66.9 Å². The van der Waals surface area contributed by atoms with Crippen LogP contribution in [-0.2, 0) is 0 Å². The van der Waals surface area contributed by atoms with E-state index in [1.54, 1.807) is 12.1 Å². The van der Waals surface area contributed by atoms with Crippen molar-refractivity contribution in [2.75, 3.05) is 18.4 Å². The zero-order valence-electron chi connectivity index (χ0n) is 12.7. The predicted octanol–water partition coefficient (Wildman–Crippen LogP) is 4.16.